The Morgan fingerprint density at radius 2 is 1.61 bits per heavy atom. The van der Waals surface area contributed by atoms with Gasteiger partial charge in [0.05, 0.1) is 22.7 Å². The van der Waals surface area contributed by atoms with Crippen molar-refractivity contribution < 1.29 is 19.1 Å². The second kappa shape index (κ2) is 5.05. The van der Waals surface area contributed by atoms with Gasteiger partial charge in [0.1, 0.15) is 5.75 Å². The average molecular weight is 307 g/mol. The van der Waals surface area contributed by atoms with Crippen LogP contribution in [0.15, 0.2) is 48.5 Å². The zero-order chi connectivity index (χ0) is 16.0. The summed E-state index contributed by atoms with van der Waals surface area (Å²) in [6, 6.07) is 13.2. The highest BCUT2D eigenvalue weighted by molar-refractivity contribution is 6.34. The predicted molar refractivity (Wildman–Crippen MR) is 82.4 cm³/mol. The molecule has 1 saturated carbocycles. The summed E-state index contributed by atoms with van der Waals surface area (Å²) in [5.41, 5.74) is 1.17. The minimum Gasteiger partial charge on any atom is -0.426 e. The van der Waals surface area contributed by atoms with Crippen LogP contribution >= 0.6 is 0 Å². The van der Waals surface area contributed by atoms with Gasteiger partial charge in [0.25, 0.3) is 11.8 Å². The number of hydrogen-bond donors (Lipinski definition) is 0. The first-order valence-corrected chi connectivity index (χ1v) is 7.45. The third-order valence-corrected chi connectivity index (χ3v) is 4.00. The molecule has 2 aromatic carbocycles. The van der Waals surface area contributed by atoms with E-state index in [-0.39, 0.29) is 23.7 Å². The lowest BCUT2D eigenvalue weighted by Gasteiger charge is -2.14. The number of carbonyl (C=O) groups excluding carboxylic acids is 3. The van der Waals surface area contributed by atoms with Crippen LogP contribution in [0.1, 0.15) is 33.6 Å². The van der Waals surface area contributed by atoms with Crippen molar-refractivity contribution in [2.45, 2.75) is 12.8 Å². The number of benzene rings is 2. The molecule has 0 unspecified atom stereocenters. The van der Waals surface area contributed by atoms with Gasteiger partial charge in [-0.25, -0.2) is 4.90 Å². The molecule has 0 radical (unpaired) electrons. The van der Waals surface area contributed by atoms with Gasteiger partial charge in [-0.05, 0) is 37.1 Å². The fourth-order valence-electron chi connectivity index (χ4n) is 2.63. The van der Waals surface area contributed by atoms with Crippen molar-refractivity contribution in [3.8, 4) is 5.75 Å². The van der Waals surface area contributed by atoms with Crippen molar-refractivity contribution in [3.63, 3.8) is 0 Å². The van der Waals surface area contributed by atoms with E-state index in [4.69, 9.17) is 4.74 Å². The molecular weight excluding hydrogens is 294 g/mol. The van der Waals surface area contributed by atoms with Gasteiger partial charge in [-0.3, -0.25) is 14.4 Å². The Morgan fingerprint density at radius 3 is 2.22 bits per heavy atom. The number of hydrogen-bond acceptors (Lipinski definition) is 4. The smallest absolute Gasteiger partial charge is 0.314 e. The molecule has 0 saturated heterocycles. The zero-order valence-corrected chi connectivity index (χ0v) is 12.2. The Labute approximate surface area is 132 Å². The normalized spacial score (nSPS) is 16.4. The van der Waals surface area contributed by atoms with Crippen LogP contribution in [-0.4, -0.2) is 17.8 Å². The van der Waals surface area contributed by atoms with Crippen molar-refractivity contribution in [1.82, 2.24) is 0 Å². The number of fused-ring (bicyclic) bond motifs is 1. The molecule has 5 heteroatoms. The number of rotatable bonds is 3. The van der Waals surface area contributed by atoms with E-state index < -0.39 is 0 Å². The Kier molecular flexibility index (Phi) is 3.01. The Hall–Kier alpha value is -2.95. The third-order valence-electron chi connectivity index (χ3n) is 4.00. The quantitative estimate of drug-likeness (QED) is 0.497. The molecule has 4 rings (SSSR count). The molecule has 5 nitrogen and oxygen atoms in total. The minimum absolute atomic E-state index is 0.0158. The van der Waals surface area contributed by atoms with Crippen molar-refractivity contribution in [1.29, 1.82) is 0 Å². The molecule has 114 valence electrons. The van der Waals surface area contributed by atoms with Crippen molar-refractivity contribution in [2.75, 3.05) is 4.90 Å². The molecule has 0 N–H and O–H groups in total. The lowest BCUT2D eigenvalue weighted by molar-refractivity contribution is -0.135. The molecule has 1 aliphatic carbocycles. The summed E-state index contributed by atoms with van der Waals surface area (Å²) in [7, 11) is 0. The van der Waals surface area contributed by atoms with Crippen LogP contribution in [0.2, 0.25) is 0 Å². The van der Waals surface area contributed by atoms with Crippen LogP contribution in [-0.2, 0) is 4.79 Å². The molecule has 2 aliphatic rings. The molecule has 23 heavy (non-hydrogen) atoms. The van der Waals surface area contributed by atoms with E-state index in [1.165, 1.54) is 0 Å². The molecule has 0 atom stereocenters. The molecular formula is C18H13NO4. The molecule has 1 fully saturated rings. The Bertz CT molecular complexity index is 803. The van der Waals surface area contributed by atoms with Crippen LogP contribution in [0.5, 0.6) is 5.75 Å². The number of esters is 1. The minimum atomic E-state index is -0.365. The number of nitrogens with zero attached hydrogens (tertiary/aromatic N) is 1. The third kappa shape index (κ3) is 2.30. The van der Waals surface area contributed by atoms with Gasteiger partial charge >= 0.3 is 5.97 Å². The van der Waals surface area contributed by atoms with Gasteiger partial charge in [0.15, 0.2) is 0 Å². The van der Waals surface area contributed by atoms with Gasteiger partial charge in [-0.2, -0.15) is 0 Å². The maximum Gasteiger partial charge on any atom is 0.314 e. The first-order chi connectivity index (χ1) is 11.1. The van der Waals surface area contributed by atoms with E-state index in [9.17, 15) is 14.4 Å². The molecule has 2 amide bonds. The highest BCUT2D eigenvalue weighted by Gasteiger charge is 2.36. The van der Waals surface area contributed by atoms with Crippen LogP contribution in [0.3, 0.4) is 0 Å². The lowest BCUT2D eigenvalue weighted by Crippen LogP contribution is -2.29. The zero-order valence-electron chi connectivity index (χ0n) is 12.2. The van der Waals surface area contributed by atoms with Gasteiger partial charge in [0, 0.05) is 6.07 Å². The predicted octanol–water partition coefficient (Wildman–Crippen LogP) is 2.80. The highest BCUT2D eigenvalue weighted by Crippen LogP contribution is 2.33. The summed E-state index contributed by atoms with van der Waals surface area (Å²) >= 11 is 0. The van der Waals surface area contributed by atoms with Gasteiger partial charge in [0.2, 0.25) is 0 Å². The fraction of sp³-hybridized carbons (Fsp3) is 0.167. The molecule has 0 spiro atoms. The van der Waals surface area contributed by atoms with E-state index in [0.717, 1.165) is 17.7 Å². The summed E-state index contributed by atoms with van der Waals surface area (Å²) < 4.78 is 5.30. The largest absolute Gasteiger partial charge is 0.426 e. The van der Waals surface area contributed by atoms with Crippen LogP contribution in [0.4, 0.5) is 5.69 Å². The van der Waals surface area contributed by atoms with Crippen molar-refractivity contribution in [2.24, 2.45) is 5.92 Å². The number of carbonyl (C=O) groups is 3. The van der Waals surface area contributed by atoms with Gasteiger partial charge < -0.3 is 4.74 Å². The summed E-state index contributed by atoms with van der Waals surface area (Å²) in [5, 5.41) is 0. The number of amides is 2. The topological polar surface area (TPSA) is 63.7 Å². The Balaban J connectivity index is 1.65. The van der Waals surface area contributed by atoms with E-state index in [1.807, 2.05) is 0 Å². The second-order valence-corrected chi connectivity index (χ2v) is 5.68. The number of anilines is 1. The maximum absolute atomic E-state index is 12.5. The summed E-state index contributed by atoms with van der Waals surface area (Å²) in [5.74, 6) is -0.661. The van der Waals surface area contributed by atoms with Crippen LogP contribution < -0.4 is 9.64 Å². The standard InChI is InChI=1S/C18H13NO4/c20-16-14-6-1-2-7-15(14)17(21)19(16)12-4-3-5-13(10-12)23-18(22)11-8-9-11/h1-7,10-11H,8-9H2. The summed E-state index contributed by atoms with van der Waals surface area (Å²) in [6.07, 6.45) is 1.72. The number of imide groups is 1. The average Bonchev–Trinajstić information content (AvgIpc) is 3.37. The number of ether oxygens (including phenoxy) is 1. The van der Waals surface area contributed by atoms with E-state index in [2.05, 4.69) is 0 Å². The van der Waals surface area contributed by atoms with E-state index in [1.54, 1.807) is 48.5 Å². The lowest BCUT2D eigenvalue weighted by atomic mass is 10.1. The van der Waals surface area contributed by atoms with E-state index in [0.29, 0.717) is 22.6 Å². The molecule has 0 aromatic heterocycles. The summed E-state index contributed by atoms with van der Waals surface area (Å²) in [6.45, 7) is 0. The first-order valence-electron chi connectivity index (χ1n) is 7.45. The molecule has 2 aromatic rings. The van der Waals surface area contributed by atoms with Crippen LogP contribution in [0, 0.1) is 5.92 Å². The van der Waals surface area contributed by atoms with Gasteiger partial charge in [-0.1, -0.05) is 18.2 Å². The fourth-order valence-corrected chi connectivity index (χ4v) is 2.63. The van der Waals surface area contributed by atoms with Crippen molar-refractivity contribution in [3.05, 3.63) is 59.7 Å². The first kappa shape index (κ1) is 13.7. The summed E-state index contributed by atoms with van der Waals surface area (Å²) in [4.78, 5) is 37.8. The SMILES string of the molecule is O=C(Oc1cccc(N2C(=O)c3ccccc3C2=O)c1)C1CC1. The monoisotopic (exact) mass is 307 g/mol. The second-order valence-electron chi connectivity index (χ2n) is 5.68. The van der Waals surface area contributed by atoms with E-state index >= 15 is 0 Å². The van der Waals surface area contributed by atoms with Crippen molar-refractivity contribution >= 4 is 23.5 Å². The molecule has 1 heterocycles. The Morgan fingerprint density at radius 1 is 0.957 bits per heavy atom. The van der Waals surface area contributed by atoms with Gasteiger partial charge in [-0.15, -0.1) is 0 Å². The maximum atomic E-state index is 12.5. The highest BCUT2D eigenvalue weighted by atomic mass is 16.5. The molecule has 0 bridgehead atoms. The van der Waals surface area contributed by atoms with Crippen LogP contribution in [0.25, 0.3) is 0 Å². The molecule has 1 aliphatic heterocycles.